The first-order valence-electron chi connectivity index (χ1n) is 4.31. The molecule has 0 unspecified atom stereocenters. The number of nitrogens with zero attached hydrogens (tertiary/aromatic N) is 2. The highest BCUT2D eigenvalue weighted by atomic mass is 35.5. The van der Waals surface area contributed by atoms with Crippen molar-refractivity contribution in [2.75, 3.05) is 5.88 Å². The molecular weight excluding hydrogens is 202 g/mol. The van der Waals surface area contributed by atoms with Crippen LogP contribution in [-0.4, -0.2) is 26.9 Å². The van der Waals surface area contributed by atoms with Crippen molar-refractivity contribution in [3.05, 3.63) is 18.2 Å². The quantitative estimate of drug-likeness (QED) is 0.770. The Morgan fingerprint density at radius 2 is 2.36 bits per heavy atom. The second-order valence-corrected chi connectivity index (χ2v) is 4.16. The summed E-state index contributed by atoms with van der Waals surface area (Å²) in [6.07, 6.45) is 3.25. The molecule has 0 saturated heterocycles. The standard InChI is InChI=1S/C9H14ClN3O/c1-9(2,5-10)12-8(14)7-4-13(3)6-11-7/h4,6H,5H2,1-3H3,(H,12,14). The largest absolute Gasteiger partial charge is 0.345 e. The molecule has 0 aromatic carbocycles. The average Bonchev–Trinajstić information content (AvgIpc) is 2.51. The number of aryl methyl sites for hydroxylation is 1. The summed E-state index contributed by atoms with van der Waals surface area (Å²) in [5.41, 5.74) is 0.00146. The minimum Gasteiger partial charge on any atom is -0.345 e. The molecule has 4 nitrogen and oxygen atoms in total. The van der Waals surface area contributed by atoms with Gasteiger partial charge in [-0.15, -0.1) is 11.6 Å². The van der Waals surface area contributed by atoms with E-state index in [9.17, 15) is 4.79 Å². The van der Waals surface area contributed by atoms with E-state index in [1.807, 2.05) is 20.9 Å². The maximum absolute atomic E-state index is 11.6. The Morgan fingerprint density at radius 3 is 2.79 bits per heavy atom. The van der Waals surface area contributed by atoms with Gasteiger partial charge in [-0.05, 0) is 13.8 Å². The van der Waals surface area contributed by atoms with Crippen molar-refractivity contribution in [3.63, 3.8) is 0 Å². The molecule has 0 aliphatic carbocycles. The van der Waals surface area contributed by atoms with Crippen molar-refractivity contribution in [1.29, 1.82) is 0 Å². The fourth-order valence-corrected chi connectivity index (χ4v) is 1.00. The first-order chi connectivity index (χ1) is 6.44. The second-order valence-electron chi connectivity index (χ2n) is 3.90. The van der Waals surface area contributed by atoms with E-state index >= 15 is 0 Å². The number of amides is 1. The van der Waals surface area contributed by atoms with E-state index in [-0.39, 0.29) is 5.91 Å². The van der Waals surface area contributed by atoms with Gasteiger partial charge in [0.15, 0.2) is 0 Å². The number of aromatic nitrogens is 2. The Kier molecular flexibility index (Phi) is 3.16. The topological polar surface area (TPSA) is 46.9 Å². The lowest BCUT2D eigenvalue weighted by Crippen LogP contribution is -2.45. The van der Waals surface area contributed by atoms with Crippen LogP contribution in [0, 0.1) is 0 Å². The number of imidazole rings is 1. The summed E-state index contributed by atoms with van der Waals surface area (Å²) in [7, 11) is 1.82. The van der Waals surface area contributed by atoms with Crippen LogP contribution in [-0.2, 0) is 7.05 Å². The van der Waals surface area contributed by atoms with Crippen molar-refractivity contribution in [1.82, 2.24) is 14.9 Å². The second kappa shape index (κ2) is 4.00. The first-order valence-corrected chi connectivity index (χ1v) is 4.84. The predicted octanol–water partition coefficient (Wildman–Crippen LogP) is 1.17. The molecule has 0 atom stereocenters. The van der Waals surface area contributed by atoms with Crippen LogP contribution in [0.4, 0.5) is 0 Å². The summed E-state index contributed by atoms with van der Waals surface area (Å²) in [6.45, 7) is 3.72. The lowest BCUT2D eigenvalue weighted by molar-refractivity contribution is 0.0916. The van der Waals surface area contributed by atoms with Crippen LogP contribution in [0.5, 0.6) is 0 Å². The van der Waals surface area contributed by atoms with Crippen LogP contribution in [0.25, 0.3) is 0 Å². The Balaban J connectivity index is 2.68. The van der Waals surface area contributed by atoms with Crippen LogP contribution in [0.3, 0.4) is 0 Å². The monoisotopic (exact) mass is 215 g/mol. The summed E-state index contributed by atoms with van der Waals surface area (Å²) >= 11 is 5.69. The number of hydrogen-bond donors (Lipinski definition) is 1. The molecule has 0 bridgehead atoms. The first kappa shape index (κ1) is 11.0. The van der Waals surface area contributed by atoms with Crippen LogP contribution < -0.4 is 5.32 Å². The lowest BCUT2D eigenvalue weighted by Gasteiger charge is -2.22. The molecule has 1 amide bonds. The van der Waals surface area contributed by atoms with Gasteiger partial charge in [-0.3, -0.25) is 4.79 Å². The highest BCUT2D eigenvalue weighted by molar-refractivity contribution is 6.18. The third-order valence-electron chi connectivity index (χ3n) is 1.72. The summed E-state index contributed by atoms with van der Waals surface area (Å²) in [6, 6.07) is 0. The minimum atomic E-state index is -0.407. The van der Waals surface area contributed by atoms with E-state index < -0.39 is 5.54 Å². The van der Waals surface area contributed by atoms with Crippen LogP contribution in [0.15, 0.2) is 12.5 Å². The van der Waals surface area contributed by atoms with Crippen LogP contribution >= 0.6 is 11.6 Å². The summed E-state index contributed by atoms with van der Waals surface area (Å²) < 4.78 is 1.72. The van der Waals surface area contributed by atoms with Crippen molar-refractivity contribution in [3.8, 4) is 0 Å². The lowest BCUT2D eigenvalue weighted by atomic mass is 10.1. The van der Waals surface area contributed by atoms with E-state index in [0.29, 0.717) is 11.6 Å². The normalized spacial score (nSPS) is 11.4. The number of rotatable bonds is 3. The average molecular weight is 216 g/mol. The Morgan fingerprint density at radius 1 is 1.71 bits per heavy atom. The predicted molar refractivity (Wildman–Crippen MR) is 55.5 cm³/mol. The van der Waals surface area contributed by atoms with Gasteiger partial charge in [0.05, 0.1) is 6.33 Å². The third kappa shape index (κ3) is 2.73. The number of hydrogen-bond acceptors (Lipinski definition) is 2. The zero-order valence-electron chi connectivity index (χ0n) is 8.54. The van der Waals surface area contributed by atoms with Gasteiger partial charge in [0.1, 0.15) is 5.69 Å². The van der Waals surface area contributed by atoms with Gasteiger partial charge >= 0.3 is 0 Å². The number of alkyl halides is 1. The highest BCUT2D eigenvalue weighted by Crippen LogP contribution is 2.06. The number of nitrogens with one attached hydrogen (secondary N) is 1. The molecule has 0 aliphatic rings. The van der Waals surface area contributed by atoms with Crippen molar-refractivity contribution in [2.45, 2.75) is 19.4 Å². The molecule has 78 valence electrons. The Hall–Kier alpha value is -1.03. The molecule has 14 heavy (non-hydrogen) atoms. The van der Waals surface area contributed by atoms with Gasteiger partial charge in [0, 0.05) is 24.7 Å². The zero-order valence-corrected chi connectivity index (χ0v) is 9.30. The minimum absolute atomic E-state index is 0.198. The fraction of sp³-hybridized carbons (Fsp3) is 0.556. The molecule has 0 spiro atoms. The molecular formula is C9H14ClN3O. The van der Waals surface area contributed by atoms with Crippen molar-refractivity contribution < 1.29 is 4.79 Å². The number of carbonyl (C=O) groups is 1. The van der Waals surface area contributed by atoms with Gasteiger partial charge in [-0.25, -0.2) is 4.98 Å². The molecule has 5 heteroatoms. The third-order valence-corrected chi connectivity index (χ3v) is 2.39. The molecule has 0 aliphatic heterocycles. The summed E-state index contributed by atoms with van der Waals surface area (Å²) in [5.74, 6) is 0.169. The van der Waals surface area contributed by atoms with E-state index in [4.69, 9.17) is 11.6 Å². The molecule has 1 heterocycles. The molecule has 1 rings (SSSR count). The molecule has 1 aromatic rings. The van der Waals surface area contributed by atoms with E-state index in [1.165, 1.54) is 0 Å². The smallest absolute Gasteiger partial charge is 0.271 e. The molecule has 0 fully saturated rings. The van der Waals surface area contributed by atoms with Gasteiger partial charge in [0.2, 0.25) is 0 Å². The van der Waals surface area contributed by atoms with E-state index in [1.54, 1.807) is 17.1 Å². The SMILES string of the molecule is Cn1cnc(C(=O)NC(C)(C)CCl)c1. The highest BCUT2D eigenvalue weighted by Gasteiger charge is 2.20. The Labute approximate surface area is 88.3 Å². The van der Waals surface area contributed by atoms with Crippen molar-refractivity contribution >= 4 is 17.5 Å². The molecule has 1 N–H and O–H groups in total. The fourth-order valence-electron chi connectivity index (χ4n) is 0.935. The van der Waals surface area contributed by atoms with Crippen molar-refractivity contribution in [2.24, 2.45) is 7.05 Å². The maximum Gasteiger partial charge on any atom is 0.271 e. The van der Waals surface area contributed by atoms with Crippen LogP contribution in [0.2, 0.25) is 0 Å². The zero-order chi connectivity index (χ0) is 10.8. The van der Waals surface area contributed by atoms with E-state index in [2.05, 4.69) is 10.3 Å². The van der Waals surface area contributed by atoms with Gasteiger partial charge in [-0.2, -0.15) is 0 Å². The van der Waals surface area contributed by atoms with Crippen LogP contribution in [0.1, 0.15) is 24.3 Å². The Bertz CT molecular complexity index is 333. The molecule has 0 saturated carbocycles. The summed E-state index contributed by atoms with van der Waals surface area (Å²) in [4.78, 5) is 15.5. The maximum atomic E-state index is 11.6. The van der Waals surface area contributed by atoms with Gasteiger partial charge < -0.3 is 9.88 Å². The molecule has 1 aromatic heterocycles. The van der Waals surface area contributed by atoms with E-state index in [0.717, 1.165) is 0 Å². The van der Waals surface area contributed by atoms with Gasteiger partial charge in [-0.1, -0.05) is 0 Å². The molecule has 0 radical (unpaired) electrons. The van der Waals surface area contributed by atoms with Gasteiger partial charge in [0.25, 0.3) is 5.91 Å². The summed E-state index contributed by atoms with van der Waals surface area (Å²) in [5, 5.41) is 2.79. The number of halogens is 1. The number of carbonyl (C=O) groups excluding carboxylic acids is 1.